The number of hydrogen-bond donors (Lipinski definition) is 2. The van der Waals surface area contributed by atoms with E-state index in [9.17, 15) is 13.2 Å². The number of hydrogen-bond acceptors (Lipinski definition) is 7. The second-order valence-electron chi connectivity index (χ2n) is 7.18. The van der Waals surface area contributed by atoms with Gasteiger partial charge in [-0.25, -0.2) is 23.8 Å². The number of carbonyl (C=O) groups is 1. The number of amides is 1. The third-order valence-electron chi connectivity index (χ3n) is 3.92. The number of likely N-dealkylation sites (N-methyl/N-ethyl adjacent to an activating group) is 1. The Morgan fingerprint density at radius 2 is 2.08 bits per heavy atom. The van der Waals surface area contributed by atoms with E-state index in [1.807, 2.05) is 6.92 Å². The van der Waals surface area contributed by atoms with Crippen LogP contribution in [0.4, 0.5) is 4.79 Å². The third-order valence-corrected chi connectivity index (χ3v) is 5.38. The van der Waals surface area contributed by atoms with E-state index < -0.39 is 21.7 Å². The summed E-state index contributed by atoms with van der Waals surface area (Å²) in [5, 5.41) is 1.18. The highest BCUT2D eigenvalue weighted by molar-refractivity contribution is 7.93. The number of rotatable bonds is 4. The van der Waals surface area contributed by atoms with Crippen LogP contribution in [-0.2, 0) is 19.5 Å². The molecule has 3 N–H and O–H groups in total. The number of allylic oxidation sites excluding steroid dienone is 1. The largest absolute Gasteiger partial charge is 0.477 e. The molecule has 0 aromatic rings. The molecule has 26 heavy (non-hydrogen) atoms. The average molecular weight is 391 g/mol. The lowest BCUT2D eigenvalue weighted by molar-refractivity contribution is 0.0147. The summed E-state index contributed by atoms with van der Waals surface area (Å²) in [5.74, 6) is 5.93. The first-order valence-corrected chi connectivity index (χ1v) is 9.73. The molecule has 9 nitrogen and oxygen atoms in total. The van der Waals surface area contributed by atoms with Crippen molar-refractivity contribution in [1.82, 2.24) is 14.6 Å². The van der Waals surface area contributed by atoms with Gasteiger partial charge in [0.2, 0.25) is 15.9 Å². The van der Waals surface area contributed by atoms with Gasteiger partial charge in [-0.2, -0.15) is 0 Å². The average Bonchev–Trinajstić information content (AvgIpc) is 2.66. The molecule has 0 aromatic carbocycles. The highest BCUT2D eigenvalue weighted by Gasteiger charge is 2.35. The fourth-order valence-electron chi connectivity index (χ4n) is 2.48. The molecule has 10 heteroatoms. The molecule has 1 saturated heterocycles. The Hall–Kier alpha value is -1.78. The maximum atomic E-state index is 12.4. The van der Waals surface area contributed by atoms with Crippen LogP contribution < -0.4 is 10.6 Å². The van der Waals surface area contributed by atoms with Gasteiger partial charge in [-0.05, 0) is 33.9 Å². The Balaban J connectivity index is 3.15. The van der Waals surface area contributed by atoms with Crippen molar-refractivity contribution in [3.63, 3.8) is 0 Å². The van der Waals surface area contributed by atoms with Gasteiger partial charge >= 0.3 is 6.09 Å². The van der Waals surface area contributed by atoms with E-state index in [1.165, 1.54) is 23.0 Å². The standard InChI is InChI=1S/C16H30N4O5S/c1-8-13(26(22,23)18-6)14-20(17)9-12(11(2)10-24-14)19(7)15(21)25-16(3,4)5/h8,11-12,18H,1,9-10,17H2,2-7H3/b14-13-/t11?,12-/m1/s1. The SMILES string of the molecule is C=C/C(=C1/OCC(C)[C@H](N(C)C(=O)OC(C)(C)C)CN1N)S(=O)(=O)NC. The molecule has 2 atom stereocenters. The van der Waals surface area contributed by atoms with Crippen molar-refractivity contribution in [2.45, 2.75) is 39.3 Å². The van der Waals surface area contributed by atoms with E-state index in [1.54, 1.807) is 27.8 Å². The van der Waals surface area contributed by atoms with Crippen LogP contribution in [0.2, 0.25) is 0 Å². The third kappa shape index (κ3) is 5.36. The summed E-state index contributed by atoms with van der Waals surface area (Å²) in [6, 6.07) is -0.337. The molecule has 150 valence electrons. The summed E-state index contributed by atoms with van der Waals surface area (Å²) in [5.41, 5.74) is -0.625. The Labute approximate surface area is 155 Å². The Bertz CT molecular complexity index is 669. The molecule has 1 fully saturated rings. The van der Waals surface area contributed by atoms with Gasteiger partial charge in [-0.1, -0.05) is 13.5 Å². The first-order chi connectivity index (χ1) is 11.8. The highest BCUT2D eigenvalue weighted by atomic mass is 32.2. The fourth-order valence-corrected chi connectivity index (χ4v) is 3.32. The van der Waals surface area contributed by atoms with E-state index >= 15 is 0 Å². The summed E-state index contributed by atoms with van der Waals surface area (Å²) < 4.78 is 37.6. The molecule has 1 rings (SSSR count). The first-order valence-electron chi connectivity index (χ1n) is 8.25. The summed E-state index contributed by atoms with van der Waals surface area (Å²) in [6.45, 7) is 11.1. The number of hydrazine groups is 1. The summed E-state index contributed by atoms with van der Waals surface area (Å²) >= 11 is 0. The summed E-state index contributed by atoms with van der Waals surface area (Å²) in [4.78, 5) is 13.7. The van der Waals surface area contributed by atoms with Crippen molar-refractivity contribution in [3.8, 4) is 0 Å². The van der Waals surface area contributed by atoms with Gasteiger partial charge in [0.15, 0.2) is 0 Å². The fraction of sp³-hybridized carbons (Fsp3) is 0.688. The number of sulfonamides is 1. The molecule has 0 radical (unpaired) electrons. The molecule has 0 aromatic heterocycles. The van der Waals surface area contributed by atoms with Gasteiger partial charge in [0.25, 0.3) is 0 Å². The molecule has 0 aliphatic carbocycles. The van der Waals surface area contributed by atoms with Crippen LogP contribution in [0.3, 0.4) is 0 Å². The predicted molar refractivity (Wildman–Crippen MR) is 99.0 cm³/mol. The van der Waals surface area contributed by atoms with Crippen LogP contribution in [0.15, 0.2) is 23.4 Å². The lowest BCUT2D eigenvalue weighted by Gasteiger charge is -2.33. The minimum absolute atomic E-state index is 0.0127. The molecule has 0 bridgehead atoms. The van der Waals surface area contributed by atoms with Gasteiger partial charge in [0.05, 0.1) is 19.2 Å². The molecule has 1 aliphatic heterocycles. The number of nitrogens with one attached hydrogen (secondary N) is 1. The number of nitrogens with zero attached hydrogens (tertiary/aromatic N) is 2. The number of ether oxygens (including phenoxy) is 2. The number of carbonyl (C=O) groups excluding carboxylic acids is 1. The molecule has 0 saturated carbocycles. The van der Waals surface area contributed by atoms with Gasteiger partial charge in [-0.3, -0.25) is 5.01 Å². The molecule has 1 unspecified atom stereocenters. The predicted octanol–water partition coefficient (Wildman–Crippen LogP) is 0.968. The van der Waals surface area contributed by atoms with Crippen LogP contribution in [0.25, 0.3) is 0 Å². The summed E-state index contributed by atoms with van der Waals surface area (Å²) in [6.07, 6.45) is 0.686. The van der Waals surface area contributed by atoms with Crippen molar-refractivity contribution in [1.29, 1.82) is 0 Å². The van der Waals surface area contributed by atoms with Crippen LogP contribution >= 0.6 is 0 Å². The molecule has 0 spiro atoms. The van der Waals surface area contributed by atoms with E-state index in [0.717, 1.165) is 0 Å². The van der Waals surface area contributed by atoms with Crippen LogP contribution in [0.5, 0.6) is 0 Å². The first kappa shape index (κ1) is 22.3. The zero-order valence-corrected chi connectivity index (χ0v) is 17.1. The van der Waals surface area contributed by atoms with Crippen molar-refractivity contribution in [2.75, 3.05) is 27.2 Å². The van der Waals surface area contributed by atoms with E-state index in [0.29, 0.717) is 0 Å². The van der Waals surface area contributed by atoms with Crippen LogP contribution in [0, 0.1) is 5.92 Å². The normalized spacial score (nSPS) is 23.6. The zero-order chi connectivity index (χ0) is 20.3. The Kier molecular flexibility index (Phi) is 7.09. The molecular formula is C16H30N4O5S. The van der Waals surface area contributed by atoms with Gasteiger partial charge in [0.1, 0.15) is 10.5 Å². The maximum absolute atomic E-state index is 12.4. The molecule has 1 aliphatic rings. The van der Waals surface area contributed by atoms with Crippen molar-refractivity contribution >= 4 is 16.1 Å². The monoisotopic (exact) mass is 390 g/mol. The van der Waals surface area contributed by atoms with Gasteiger partial charge in [0, 0.05) is 13.0 Å². The van der Waals surface area contributed by atoms with Crippen molar-refractivity contribution in [3.05, 3.63) is 23.4 Å². The second-order valence-corrected chi connectivity index (χ2v) is 9.04. The van der Waals surface area contributed by atoms with Crippen LogP contribution in [0.1, 0.15) is 27.7 Å². The maximum Gasteiger partial charge on any atom is 0.410 e. The van der Waals surface area contributed by atoms with Crippen molar-refractivity contribution in [2.24, 2.45) is 11.8 Å². The lowest BCUT2D eigenvalue weighted by Crippen LogP contribution is -2.50. The minimum Gasteiger partial charge on any atom is -0.477 e. The van der Waals surface area contributed by atoms with Crippen LogP contribution in [-0.4, -0.2) is 63.3 Å². The number of nitrogens with two attached hydrogens (primary N) is 1. The van der Waals surface area contributed by atoms with E-state index in [2.05, 4.69) is 11.3 Å². The van der Waals surface area contributed by atoms with Gasteiger partial charge < -0.3 is 14.4 Å². The highest BCUT2D eigenvalue weighted by Crippen LogP contribution is 2.24. The molecule has 1 heterocycles. The molecule has 1 amide bonds. The Morgan fingerprint density at radius 1 is 1.50 bits per heavy atom. The lowest BCUT2D eigenvalue weighted by atomic mass is 10.0. The second kappa shape index (κ2) is 8.28. The summed E-state index contributed by atoms with van der Waals surface area (Å²) in [7, 11) is -0.883. The topological polar surface area (TPSA) is 114 Å². The van der Waals surface area contributed by atoms with E-state index in [-0.39, 0.29) is 35.9 Å². The van der Waals surface area contributed by atoms with E-state index in [4.69, 9.17) is 15.3 Å². The van der Waals surface area contributed by atoms with Crippen molar-refractivity contribution < 1.29 is 22.7 Å². The Morgan fingerprint density at radius 3 is 2.54 bits per heavy atom. The minimum atomic E-state index is -3.79. The van der Waals surface area contributed by atoms with Gasteiger partial charge in [-0.15, -0.1) is 0 Å². The zero-order valence-electron chi connectivity index (χ0n) is 16.3. The molecular weight excluding hydrogens is 360 g/mol. The smallest absolute Gasteiger partial charge is 0.410 e. The quantitative estimate of drug-likeness (QED) is 0.687.